The number of nitrogens with zero attached hydrogens (tertiary/aromatic N) is 1. The zero-order chi connectivity index (χ0) is 13.0. The fraction of sp³-hybridized carbons (Fsp3) is 0.600. The van der Waals surface area contributed by atoms with Gasteiger partial charge in [0.25, 0.3) is 0 Å². The standard InChI is InChI=1S/C15H24N2O/c1-12-3-5-15(6-4-12)18-10-9-17-8-7-14(11-17)13(2)16/h3-6,13-14H,7-11,16H2,1-2H3. The molecule has 1 heterocycles. The molecule has 2 unspecified atom stereocenters. The first kappa shape index (κ1) is 13.4. The van der Waals surface area contributed by atoms with Crippen molar-refractivity contribution < 1.29 is 4.74 Å². The highest BCUT2D eigenvalue weighted by Gasteiger charge is 2.24. The van der Waals surface area contributed by atoms with Crippen molar-refractivity contribution in [3.05, 3.63) is 29.8 Å². The van der Waals surface area contributed by atoms with Crippen LogP contribution in [-0.4, -0.2) is 37.2 Å². The molecule has 0 aromatic heterocycles. The lowest BCUT2D eigenvalue weighted by molar-refractivity contribution is 0.230. The molecule has 0 spiro atoms. The molecule has 1 aromatic carbocycles. The van der Waals surface area contributed by atoms with Gasteiger partial charge in [-0.05, 0) is 44.9 Å². The first-order chi connectivity index (χ1) is 8.65. The van der Waals surface area contributed by atoms with E-state index in [1.807, 2.05) is 12.1 Å². The van der Waals surface area contributed by atoms with Gasteiger partial charge in [0.15, 0.2) is 0 Å². The summed E-state index contributed by atoms with van der Waals surface area (Å²) in [6.45, 7) is 8.23. The molecule has 3 nitrogen and oxygen atoms in total. The average Bonchev–Trinajstić information content (AvgIpc) is 2.81. The van der Waals surface area contributed by atoms with Crippen molar-refractivity contribution in [1.82, 2.24) is 4.90 Å². The highest BCUT2D eigenvalue weighted by molar-refractivity contribution is 5.26. The van der Waals surface area contributed by atoms with Gasteiger partial charge in [-0.3, -0.25) is 4.90 Å². The second-order valence-corrected chi connectivity index (χ2v) is 5.37. The van der Waals surface area contributed by atoms with Crippen molar-refractivity contribution >= 4 is 0 Å². The van der Waals surface area contributed by atoms with E-state index in [4.69, 9.17) is 10.5 Å². The number of likely N-dealkylation sites (tertiary alicyclic amines) is 1. The van der Waals surface area contributed by atoms with Gasteiger partial charge >= 0.3 is 0 Å². The third-order valence-electron chi connectivity index (χ3n) is 3.75. The highest BCUT2D eigenvalue weighted by atomic mass is 16.5. The third kappa shape index (κ3) is 3.72. The van der Waals surface area contributed by atoms with E-state index in [0.29, 0.717) is 12.0 Å². The topological polar surface area (TPSA) is 38.5 Å². The van der Waals surface area contributed by atoms with Crippen molar-refractivity contribution in [3.8, 4) is 5.75 Å². The van der Waals surface area contributed by atoms with E-state index in [1.165, 1.54) is 12.0 Å². The van der Waals surface area contributed by atoms with E-state index in [2.05, 4.69) is 30.9 Å². The SMILES string of the molecule is Cc1ccc(OCCN2CCC(C(C)N)C2)cc1. The number of benzene rings is 1. The molecule has 2 atom stereocenters. The first-order valence-corrected chi connectivity index (χ1v) is 6.82. The Hall–Kier alpha value is -1.06. The van der Waals surface area contributed by atoms with E-state index in [0.717, 1.165) is 32.0 Å². The van der Waals surface area contributed by atoms with Gasteiger partial charge in [0.05, 0.1) is 0 Å². The lowest BCUT2D eigenvalue weighted by Gasteiger charge is -2.18. The molecule has 100 valence electrons. The third-order valence-corrected chi connectivity index (χ3v) is 3.75. The minimum atomic E-state index is 0.313. The van der Waals surface area contributed by atoms with E-state index >= 15 is 0 Å². The molecule has 0 radical (unpaired) electrons. The Kier molecular flexibility index (Phi) is 4.61. The number of hydrogen-bond donors (Lipinski definition) is 1. The summed E-state index contributed by atoms with van der Waals surface area (Å²) in [4.78, 5) is 2.45. The lowest BCUT2D eigenvalue weighted by atomic mass is 10.0. The van der Waals surface area contributed by atoms with Crippen LogP contribution in [0.4, 0.5) is 0 Å². The summed E-state index contributed by atoms with van der Waals surface area (Å²) in [6, 6.07) is 8.54. The van der Waals surface area contributed by atoms with Gasteiger partial charge in [0, 0.05) is 19.1 Å². The molecule has 2 N–H and O–H groups in total. The second kappa shape index (κ2) is 6.21. The Bertz CT molecular complexity index is 361. The summed E-state index contributed by atoms with van der Waals surface area (Å²) in [5.41, 5.74) is 7.20. The molecule has 0 bridgehead atoms. The maximum atomic E-state index is 5.94. The monoisotopic (exact) mass is 248 g/mol. The smallest absolute Gasteiger partial charge is 0.119 e. The Morgan fingerprint density at radius 1 is 1.39 bits per heavy atom. The molecule has 3 heteroatoms. The van der Waals surface area contributed by atoms with Gasteiger partial charge in [-0.2, -0.15) is 0 Å². The molecule has 2 rings (SSSR count). The lowest BCUT2D eigenvalue weighted by Crippen LogP contribution is -2.31. The molecule has 1 aliphatic rings. The van der Waals surface area contributed by atoms with Crippen molar-refractivity contribution in [2.45, 2.75) is 26.3 Å². The average molecular weight is 248 g/mol. The van der Waals surface area contributed by atoms with Gasteiger partial charge in [-0.1, -0.05) is 17.7 Å². The van der Waals surface area contributed by atoms with Gasteiger partial charge in [0.2, 0.25) is 0 Å². The quantitative estimate of drug-likeness (QED) is 0.866. The maximum absolute atomic E-state index is 5.94. The summed E-state index contributed by atoms with van der Waals surface area (Å²) in [7, 11) is 0. The number of hydrogen-bond acceptors (Lipinski definition) is 3. The van der Waals surface area contributed by atoms with Crippen LogP contribution in [0, 0.1) is 12.8 Å². The zero-order valence-electron chi connectivity index (χ0n) is 11.4. The van der Waals surface area contributed by atoms with Crippen LogP contribution in [0.5, 0.6) is 5.75 Å². The molecular formula is C15H24N2O. The van der Waals surface area contributed by atoms with E-state index < -0.39 is 0 Å². The van der Waals surface area contributed by atoms with Crippen LogP contribution < -0.4 is 10.5 Å². The van der Waals surface area contributed by atoms with Crippen LogP contribution in [0.3, 0.4) is 0 Å². The van der Waals surface area contributed by atoms with E-state index in [-0.39, 0.29) is 0 Å². The Morgan fingerprint density at radius 2 is 2.11 bits per heavy atom. The van der Waals surface area contributed by atoms with Gasteiger partial charge in [-0.25, -0.2) is 0 Å². The summed E-state index contributed by atoms with van der Waals surface area (Å²) in [6.07, 6.45) is 1.22. The maximum Gasteiger partial charge on any atom is 0.119 e. The van der Waals surface area contributed by atoms with Crippen molar-refractivity contribution in [2.75, 3.05) is 26.2 Å². The zero-order valence-corrected chi connectivity index (χ0v) is 11.4. The Morgan fingerprint density at radius 3 is 2.72 bits per heavy atom. The van der Waals surface area contributed by atoms with Crippen LogP contribution in [0.15, 0.2) is 24.3 Å². The van der Waals surface area contributed by atoms with Crippen LogP contribution in [0.2, 0.25) is 0 Å². The van der Waals surface area contributed by atoms with Gasteiger partial charge in [-0.15, -0.1) is 0 Å². The number of rotatable bonds is 5. The van der Waals surface area contributed by atoms with Gasteiger partial charge < -0.3 is 10.5 Å². The van der Waals surface area contributed by atoms with Crippen LogP contribution in [0.1, 0.15) is 18.9 Å². The number of ether oxygens (including phenoxy) is 1. The minimum Gasteiger partial charge on any atom is -0.492 e. The van der Waals surface area contributed by atoms with Crippen molar-refractivity contribution in [2.24, 2.45) is 11.7 Å². The largest absolute Gasteiger partial charge is 0.492 e. The Balaban J connectivity index is 1.68. The molecule has 1 saturated heterocycles. The van der Waals surface area contributed by atoms with E-state index in [9.17, 15) is 0 Å². The molecule has 18 heavy (non-hydrogen) atoms. The predicted molar refractivity (Wildman–Crippen MR) is 74.9 cm³/mol. The van der Waals surface area contributed by atoms with Crippen LogP contribution >= 0.6 is 0 Å². The predicted octanol–water partition coefficient (Wildman–Crippen LogP) is 2.04. The molecule has 0 aliphatic carbocycles. The first-order valence-electron chi connectivity index (χ1n) is 6.82. The molecule has 1 aromatic rings. The summed E-state index contributed by atoms with van der Waals surface area (Å²) in [5.74, 6) is 1.62. The van der Waals surface area contributed by atoms with Gasteiger partial charge in [0.1, 0.15) is 12.4 Å². The molecule has 0 saturated carbocycles. The molecule has 1 fully saturated rings. The number of nitrogens with two attached hydrogens (primary N) is 1. The summed E-state index contributed by atoms with van der Waals surface area (Å²) < 4.78 is 5.75. The fourth-order valence-electron chi connectivity index (χ4n) is 2.42. The minimum absolute atomic E-state index is 0.313. The summed E-state index contributed by atoms with van der Waals surface area (Å²) in [5, 5.41) is 0. The van der Waals surface area contributed by atoms with Crippen LogP contribution in [-0.2, 0) is 0 Å². The number of aryl methyl sites for hydroxylation is 1. The van der Waals surface area contributed by atoms with Crippen LogP contribution in [0.25, 0.3) is 0 Å². The van der Waals surface area contributed by atoms with Crippen molar-refractivity contribution in [3.63, 3.8) is 0 Å². The summed E-state index contributed by atoms with van der Waals surface area (Å²) >= 11 is 0. The second-order valence-electron chi connectivity index (χ2n) is 5.37. The molecular weight excluding hydrogens is 224 g/mol. The Labute approximate surface area is 110 Å². The fourth-order valence-corrected chi connectivity index (χ4v) is 2.42. The molecule has 1 aliphatic heterocycles. The molecule has 0 amide bonds. The normalized spacial score (nSPS) is 22.1. The van der Waals surface area contributed by atoms with Crippen molar-refractivity contribution in [1.29, 1.82) is 0 Å². The highest BCUT2D eigenvalue weighted by Crippen LogP contribution is 2.18. The van der Waals surface area contributed by atoms with E-state index in [1.54, 1.807) is 0 Å².